The zero-order chi connectivity index (χ0) is 10.7. The summed E-state index contributed by atoms with van der Waals surface area (Å²) in [4.78, 5) is 11.2. The van der Waals surface area contributed by atoms with Crippen molar-refractivity contribution in [1.29, 1.82) is 0 Å². The molecule has 0 spiro atoms. The van der Waals surface area contributed by atoms with Crippen LogP contribution in [0.25, 0.3) is 11.4 Å². The van der Waals surface area contributed by atoms with Gasteiger partial charge in [-0.15, -0.1) is 0 Å². The number of hydrogen-bond donors (Lipinski definition) is 3. The van der Waals surface area contributed by atoms with Gasteiger partial charge in [0.05, 0.1) is 5.69 Å². The lowest BCUT2D eigenvalue weighted by Crippen LogP contribution is -2.21. The van der Waals surface area contributed by atoms with Gasteiger partial charge in [0.15, 0.2) is 5.96 Å². The van der Waals surface area contributed by atoms with Crippen molar-refractivity contribution in [2.45, 2.75) is 0 Å². The molecule has 1 aromatic heterocycles. The maximum absolute atomic E-state index is 5.34. The maximum Gasteiger partial charge on any atom is 0.191 e. The fourth-order valence-electron chi connectivity index (χ4n) is 1.32. The largest absolute Gasteiger partial charge is 0.370 e. The molecule has 1 heterocycles. The summed E-state index contributed by atoms with van der Waals surface area (Å²) >= 11 is 0. The van der Waals surface area contributed by atoms with E-state index < -0.39 is 0 Å². The second-order valence-electron chi connectivity index (χ2n) is 2.99. The minimum atomic E-state index is 0.0361. The molecule has 0 bridgehead atoms. The van der Waals surface area contributed by atoms with Gasteiger partial charge in [-0.25, -0.2) is 9.98 Å². The van der Waals surface area contributed by atoms with Gasteiger partial charge in [0.1, 0.15) is 5.82 Å². The lowest BCUT2D eigenvalue weighted by atomic mass is 10.2. The Bertz CT molecular complexity index is 468. The molecule has 0 saturated carbocycles. The number of H-pyrrole nitrogens is 1. The molecule has 76 valence electrons. The second kappa shape index (κ2) is 3.83. The van der Waals surface area contributed by atoms with Gasteiger partial charge in [-0.3, -0.25) is 0 Å². The monoisotopic (exact) mass is 201 g/mol. The molecule has 5 N–H and O–H groups in total. The maximum atomic E-state index is 5.34. The Hall–Kier alpha value is -2.30. The first-order valence-corrected chi connectivity index (χ1v) is 4.46. The Morgan fingerprint density at radius 1 is 1.27 bits per heavy atom. The summed E-state index contributed by atoms with van der Waals surface area (Å²) in [5.74, 6) is 0.782. The first kappa shape index (κ1) is 9.26. The number of aromatic nitrogens is 2. The van der Waals surface area contributed by atoms with Gasteiger partial charge in [0, 0.05) is 18.0 Å². The molecule has 5 heteroatoms. The molecule has 0 radical (unpaired) electrons. The molecule has 0 atom stereocenters. The zero-order valence-electron chi connectivity index (χ0n) is 8.01. The predicted molar refractivity (Wildman–Crippen MR) is 59.5 cm³/mol. The average Bonchev–Trinajstić information content (AvgIpc) is 2.70. The molecule has 0 fully saturated rings. The highest BCUT2D eigenvalue weighted by atomic mass is 15.0. The molecule has 0 amide bonds. The molecule has 2 aromatic rings. The zero-order valence-corrected chi connectivity index (χ0v) is 8.01. The summed E-state index contributed by atoms with van der Waals surface area (Å²) in [6.07, 6.45) is 3.43. The van der Waals surface area contributed by atoms with E-state index >= 15 is 0 Å². The summed E-state index contributed by atoms with van der Waals surface area (Å²) < 4.78 is 0. The summed E-state index contributed by atoms with van der Waals surface area (Å²) in [7, 11) is 0. The van der Waals surface area contributed by atoms with Crippen molar-refractivity contribution < 1.29 is 0 Å². The lowest BCUT2D eigenvalue weighted by molar-refractivity contribution is 1.30. The average molecular weight is 201 g/mol. The van der Waals surface area contributed by atoms with Crippen LogP contribution >= 0.6 is 0 Å². The van der Waals surface area contributed by atoms with Crippen LogP contribution in [0.5, 0.6) is 0 Å². The van der Waals surface area contributed by atoms with Crippen molar-refractivity contribution in [3.8, 4) is 11.4 Å². The standard InChI is InChI=1S/C10H11N5/c11-10(12)15-8-4-2-1-3-7(8)9-13-5-6-14-9/h1-6H,(H,13,14)(H4,11,12,15). The van der Waals surface area contributed by atoms with E-state index in [1.165, 1.54) is 0 Å². The van der Waals surface area contributed by atoms with E-state index in [2.05, 4.69) is 15.0 Å². The highest BCUT2D eigenvalue weighted by molar-refractivity contribution is 5.83. The van der Waals surface area contributed by atoms with E-state index in [1.54, 1.807) is 12.4 Å². The Morgan fingerprint density at radius 3 is 2.73 bits per heavy atom. The van der Waals surface area contributed by atoms with E-state index in [0.29, 0.717) is 5.69 Å². The summed E-state index contributed by atoms with van der Waals surface area (Å²) in [5.41, 5.74) is 12.3. The van der Waals surface area contributed by atoms with Crippen molar-refractivity contribution in [3.63, 3.8) is 0 Å². The number of para-hydroxylation sites is 1. The van der Waals surface area contributed by atoms with Crippen LogP contribution in [-0.4, -0.2) is 15.9 Å². The van der Waals surface area contributed by atoms with Gasteiger partial charge >= 0.3 is 0 Å². The van der Waals surface area contributed by atoms with E-state index in [1.807, 2.05) is 24.3 Å². The van der Waals surface area contributed by atoms with Gasteiger partial charge in [-0.05, 0) is 12.1 Å². The first-order valence-electron chi connectivity index (χ1n) is 4.46. The molecule has 0 aliphatic rings. The third-order valence-electron chi connectivity index (χ3n) is 1.91. The minimum absolute atomic E-state index is 0.0361. The third-order valence-corrected chi connectivity index (χ3v) is 1.91. The van der Waals surface area contributed by atoms with Gasteiger partial charge in [0.2, 0.25) is 0 Å². The van der Waals surface area contributed by atoms with Gasteiger partial charge < -0.3 is 16.5 Å². The number of aliphatic imine (C=N–C) groups is 1. The molecular formula is C10H11N5. The smallest absolute Gasteiger partial charge is 0.191 e. The van der Waals surface area contributed by atoms with Crippen molar-refractivity contribution >= 4 is 11.6 Å². The van der Waals surface area contributed by atoms with E-state index in [4.69, 9.17) is 11.5 Å². The van der Waals surface area contributed by atoms with Crippen LogP contribution in [0.4, 0.5) is 5.69 Å². The van der Waals surface area contributed by atoms with E-state index in [9.17, 15) is 0 Å². The van der Waals surface area contributed by atoms with Crippen LogP contribution < -0.4 is 11.5 Å². The van der Waals surface area contributed by atoms with Crippen LogP contribution in [0.2, 0.25) is 0 Å². The summed E-state index contributed by atoms with van der Waals surface area (Å²) in [6.45, 7) is 0. The second-order valence-corrected chi connectivity index (χ2v) is 2.99. The lowest BCUT2D eigenvalue weighted by Gasteiger charge is -2.02. The van der Waals surface area contributed by atoms with Crippen LogP contribution in [0.3, 0.4) is 0 Å². The molecule has 5 nitrogen and oxygen atoms in total. The number of aromatic amines is 1. The van der Waals surface area contributed by atoms with Crippen LogP contribution in [0.15, 0.2) is 41.7 Å². The molecule has 0 aliphatic heterocycles. The number of hydrogen-bond acceptors (Lipinski definition) is 2. The third kappa shape index (κ3) is 1.96. The molecule has 15 heavy (non-hydrogen) atoms. The van der Waals surface area contributed by atoms with Gasteiger partial charge in [-0.1, -0.05) is 12.1 Å². The van der Waals surface area contributed by atoms with Crippen LogP contribution in [-0.2, 0) is 0 Å². The number of guanidine groups is 1. The Balaban J connectivity index is 2.52. The number of imidazole rings is 1. The van der Waals surface area contributed by atoms with E-state index in [-0.39, 0.29) is 5.96 Å². The number of nitrogens with one attached hydrogen (secondary N) is 1. The first-order chi connectivity index (χ1) is 7.27. The molecule has 0 saturated heterocycles. The number of benzene rings is 1. The van der Waals surface area contributed by atoms with Gasteiger partial charge in [0.25, 0.3) is 0 Å². The normalized spacial score (nSPS) is 9.87. The Labute approximate surface area is 86.9 Å². The van der Waals surface area contributed by atoms with Crippen LogP contribution in [0, 0.1) is 0 Å². The highest BCUT2D eigenvalue weighted by Gasteiger charge is 2.05. The fourth-order valence-corrected chi connectivity index (χ4v) is 1.32. The Kier molecular flexibility index (Phi) is 2.37. The highest BCUT2D eigenvalue weighted by Crippen LogP contribution is 2.26. The number of nitrogens with two attached hydrogens (primary N) is 2. The predicted octanol–water partition coefficient (Wildman–Crippen LogP) is 0.982. The molecule has 2 rings (SSSR count). The van der Waals surface area contributed by atoms with Crippen LogP contribution in [0.1, 0.15) is 0 Å². The van der Waals surface area contributed by atoms with Gasteiger partial charge in [-0.2, -0.15) is 0 Å². The molecule has 0 aliphatic carbocycles. The van der Waals surface area contributed by atoms with Crippen molar-refractivity contribution in [1.82, 2.24) is 9.97 Å². The number of rotatable bonds is 2. The van der Waals surface area contributed by atoms with Crippen molar-refractivity contribution in [2.24, 2.45) is 16.5 Å². The fraction of sp³-hybridized carbons (Fsp3) is 0. The van der Waals surface area contributed by atoms with Crippen molar-refractivity contribution in [3.05, 3.63) is 36.7 Å². The minimum Gasteiger partial charge on any atom is -0.370 e. The molecular weight excluding hydrogens is 190 g/mol. The quantitative estimate of drug-likeness (QED) is 0.499. The van der Waals surface area contributed by atoms with E-state index in [0.717, 1.165) is 11.4 Å². The number of nitrogens with zero attached hydrogens (tertiary/aromatic N) is 2. The molecule has 0 unspecified atom stereocenters. The van der Waals surface area contributed by atoms with Crippen molar-refractivity contribution in [2.75, 3.05) is 0 Å². The summed E-state index contributed by atoms with van der Waals surface area (Å²) in [6, 6.07) is 7.51. The topological polar surface area (TPSA) is 93.1 Å². The molecule has 1 aromatic carbocycles. The summed E-state index contributed by atoms with van der Waals surface area (Å²) in [5, 5.41) is 0. The SMILES string of the molecule is NC(N)=Nc1ccccc1-c1ncc[nH]1. The Morgan fingerprint density at radius 2 is 2.07 bits per heavy atom.